The fraction of sp³-hybridized carbons (Fsp3) is 0.611. The van der Waals surface area contributed by atoms with Crippen molar-refractivity contribution in [1.29, 1.82) is 0 Å². The van der Waals surface area contributed by atoms with Gasteiger partial charge in [-0.3, -0.25) is 4.79 Å². The standard InChI is InChI=1S/C18H29N3O4S.ClH/c1-3-12-21(16-7-9-19-10-8-16)18(22)15-5-4-6-17(14-15)26(23,24)20-11-13-25-2;/h4-6,14,16,19-20H,3,7-13H2,1-2H3;1H. The van der Waals surface area contributed by atoms with Gasteiger partial charge in [0.1, 0.15) is 0 Å². The number of rotatable bonds is 9. The molecule has 0 atom stereocenters. The summed E-state index contributed by atoms with van der Waals surface area (Å²) in [5.74, 6) is -0.104. The maximum atomic E-state index is 13.0. The van der Waals surface area contributed by atoms with Gasteiger partial charge >= 0.3 is 0 Å². The van der Waals surface area contributed by atoms with E-state index in [0.717, 1.165) is 32.4 Å². The summed E-state index contributed by atoms with van der Waals surface area (Å²) in [6.07, 6.45) is 2.71. The minimum absolute atomic E-state index is 0. The number of carbonyl (C=O) groups is 1. The van der Waals surface area contributed by atoms with Crippen LogP contribution >= 0.6 is 12.4 Å². The van der Waals surface area contributed by atoms with E-state index in [4.69, 9.17) is 4.74 Å². The first-order valence-electron chi connectivity index (χ1n) is 9.10. The zero-order valence-corrected chi connectivity index (χ0v) is 17.6. The molecular weight excluding hydrogens is 390 g/mol. The second kappa shape index (κ2) is 11.6. The second-order valence-electron chi connectivity index (χ2n) is 6.40. The molecule has 1 saturated heterocycles. The Labute approximate surface area is 168 Å². The van der Waals surface area contributed by atoms with Gasteiger partial charge in [0, 0.05) is 31.8 Å². The zero-order chi connectivity index (χ0) is 19.0. The second-order valence-corrected chi connectivity index (χ2v) is 8.17. The lowest BCUT2D eigenvalue weighted by Gasteiger charge is -2.34. The molecule has 1 aliphatic rings. The summed E-state index contributed by atoms with van der Waals surface area (Å²) < 4.78 is 32.1. The highest BCUT2D eigenvalue weighted by atomic mass is 35.5. The Bertz CT molecular complexity index is 694. The molecule has 1 amide bonds. The van der Waals surface area contributed by atoms with Gasteiger partial charge in [-0.05, 0) is 50.6 Å². The van der Waals surface area contributed by atoms with Crippen molar-refractivity contribution in [3.05, 3.63) is 29.8 Å². The number of sulfonamides is 1. The fourth-order valence-corrected chi connectivity index (χ4v) is 4.19. The largest absolute Gasteiger partial charge is 0.383 e. The van der Waals surface area contributed by atoms with Crippen LogP contribution in [0, 0.1) is 0 Å². The lowest BCUT2D eigenvalue weighted by Crippen LogP contribution is -2.46. The molecule has 1 heterocycles. The molecule has 0 unspecified atom stereocenters. The van der Waals surface area contributed by atoms with Gasteiger partial charge in [0.25, 0.3) is 5.91 Å². The van der Waals surface area contributed by atoms with Crippen LogP contribution in [0.4, 0.5) is 0 Å². The third kappa shape index (κ3) is 6.73. The van der Waals surface area contributed by atoms with E-state index in [0.29, 0.717) is 12.1 Å². The first-order chi connectivity index (χ1) is 12.5. The zero-order valence-electron chi connectivity index (χ0n) is 15.9. The molecule has 27 heavy (non-hydrogen) atoms. The molecule has 154 valence electrons. The Kier molecular flexibility index (Phi) is 10.3. The molecule has 2 N–H and O–H groups in total. The highest BCUT2D eigenvalue weighted by Gasteiger charge is 2.26. The summed E-state index contributed by atoms with van der Waals surface area (Å²) in [4.78, 5) is 15.0. The van der Waals surface area contributed by atoms with E-state index in [1.165, 1.54) is 19.2 Å². The number of piperidine rings is 1. The molecule has 1 aromatic rings. The van der Waals surface area contributed by atoms with E-state index in [-0.39, 0.29) is 42.4 Å². The third-order valence-corrected chi connectivity index (χ3v) is 5.92. The van der Waals surface area contributed by atoms with E-state index in [1.807, 2.05) is 11.8 Å². The predicted octanol–water partition coefficient (Wildman–Crippen LogP) is 1.64. The first kappa shape index (κ1) is 23.8. The minimum Gasteiger partial charge on any atom is -0.383 e. The van der Waals surface area contributed by atoms with Crippen molar-refractivity contribution in [2.24, 2.45) is 0 Å². The molecule has 0 aromatic heterocycles. The van der Waals surface area contributed by atoms with Gasteiger partial charge in [0.15, 0.2) is 0 Å². The summed E-state index contributed by atoms with van der Waals surface area (Å²) in [6.45, 7) is 4.99. The predicted molar refractivity (Wildman–Crippen MR) is 108 cm³/mol. The fourth-order valence-electron chi connectivity index (χ4n) is 3.13. The SMILES string of the molecule is CCCN(C(=O)c1cccc(S(=O)(=O)NCCOC)c1)C1CCNCC1.Cl. The molecule has 0 radical (unpaired) electrons. The van der Waals surface area contributed by atoms with Crippen molar-refractivity contribution in [1.82, 2.24) is 14.9 Å². The molecule has 1 fully saturated rings. The lowest BCUT2D eigenvalue weighted by atomic mass is 10.0. The van der Waals surface area contributed by atoms with E-state index >= 15 is 0 Å². The summed E-state index contributed by atoms with van der Waals surface area (Å²) in [7, 11) is -2.15. The Morgan fingerprint density at radius 1 is 1.33 bits per heavy atom. The molecular formula is C18H30ClN3O4S. The normalized spacial score (nSPS) is 15.2. The van der Waals surface area contributed by atoms with Crippen molar-refractivity contribution in [3.63, 3.8) is 0 Å². The summed E-state index contributed by atoms with van der Waals surface area (Å²) in [5, 5.41) is 3.31. The number of ether oxygens (including phenoxy) is 1. The van der Waals surface area contributed by atoms with Crippen molar-refractivity contribution in [2.45, 2.75) is 37.1 Å². The number of nitrogens with one attached hydrogen (secondary N) is 2. The number of hydrogen-bond donors (Lipinski definition) is 2. The molecule has 2 rings (SSSR count). The lowest BCUT2D eigenvalue weighted by molar-refractivity contribution is 0.0642. The quantitative estimate of drug-likeness (QED) is 0.594. The van der Waals surface area contributed by atoms with Crippen LogP contribution in [0.2, 0.25) is 0 Å². The molecule has 0 aliphatic carbocycles. The van der Waals surface area contributed by atoms with Crippen molar-refractivity contribution in [3.8, 4) is 0 Å². The Balaban J connectivity index is 0.00000364. The van der Waals surface area contributed by atoms with Gasteiger partial charge < -0.3 is 15.0 Å². The molecule has 1 aromatic carbocycles. The maximum Gasteiger partial charge on any atom is 0.254 e. The Morgan fingerprint density at radius 3 is 2.67 bits per heavy atom. The van der Waals surface area contributed by atoms with Gasteiger partial charge in [0.05, 0.1) is 11.5 Å². The minimum atomic E-state index is -3.66. The number of halogens is 1. The van der Waals surface area contributed by atoms with Crippen LogP contribution in [0.3, 0.4) is 0 Å². The van der Waals surface area contributed by atoms with Crippen LogP contribution in [-0.4, -0.2) is 65.2 Å². The van der Waals surface area contributed by atoms with E-state index in [2.05, 4.69) is 10.0 Å². The molecule has 0 spiro atoms. The molecule has 7 nitrogen and oxygen atoms in total. The van der Waals surface area contributed by atoms with Crippen molar-refractivity contribution >= 4 is 28.3 Å². The summed E-state index contributed by atoms with van der Waals surface area (Å²) in [5.41, 5.74) is 0.409. The van der Waals surface area contributed by atoms with Crippen molar-refractivity contribution < 1.29 is 17.9 Å². The average Bonchev–Trinajstić information content (AvgIpc) is 2.66. The first-order valence-corrected chi connectivity index (χ1v) is 10.6. The Hall–Kier alpha value is -1.19. The van der Waals surface area contributed by atoms with E-state index in [9.17, 15) is 13.2 Å². The van der Waals surface area contributed by atoms with Gasteiger partial charge in [-0.1, -0.05) is 13.0 Å². The van der Waals surface area contributed by atoms with Gasteiger partial charge in [-0.2, -0.15) is 0 Å². The molecule has 0 saturated carbocycles. The maximum absolute atomic E-state index is 13.0. The van der Waals surface area contributed by atoms with E-state index < -0.39 is 10.0 Å². The number of nitrogens with zero attached hydrogens (tertiary/aromatic N) is 1. The van der Waals surface area contributed by atoms with Crippen LogP contribution < -0.4 is 10.0 Å². The van der Waals surface area contributed by atoms with Gasteiger partial charge in [0.2, 0.25) is 10.0 Å². The monoisotopic (exact) mass is 419 g/mol. The number of amides is 1. The average molecular weight is 420 g/mol. The third-order valence-electron chi connectivity index (χ3n) is 4.46. The Morgan fingerprint density at radius 2 is 2.04 bits per heavy atom. The highest BCUT2D eigenvalue weighted by molar-refractivity contribution is 7.89. The molecule has 0 bridgehead atoms. The van der Waals surface area contributed by atoms with Gasteiger partial charge in [-0.15, -0.1) is 12.4 Å². The summed E-state index contributed by atoms with van der Waals surface area (Å²) in [6, 6.07) is 6.45. The van der Waals surface area contributed by atoms with Crippen LogP contribution in [0.25, 0.3) is 0 Å². The van der Waals surface area contributed by atoms with Crippen LogP contribution in [0.15, 0.2) is 29.2 Å². The molecule has 9 heteroatoms. The van der Waals surface area contributed by atoms with E-state index in [1.54, 1.807) is 12.1 Å². The number of hydrogen-bond acceptors (Lipinski definition) is 5. The summed E-state index contributed by atoms with van der Waals surface area (Å²) >= 11 is 0. The number of benzene rings is 1. The van der Waals surface area contributed by atoms with Crippen LogP contribution in [0.5, 0.6) is 0 Å². The van der Waals surface area contributed by atoms with Crippen LogP contribution in [0.1, 0.15) is 36.5 Å². The smallest absolute Gasteiger partial charge is 0.254 e. The van der Waals surface area contributed by atoms with Gasteiger partial charge in [-0.25, -0.2) is 13.1 Å². The molecule has 1 aliphatic heterocycles. The van der Waals surface area contributed by atoms with Crippen molar-refractivity contribution in [2.75, 3.05) is 39.9 Å². The number of methoxy groups -OCH3 is 1. The highest BCUT2D eigenvalue weighted by Crippen LogP contribution is 2.18. The topological polar surface area (TPSA) is 87.7 Å². The van der Waals surface area contributed by atoms with Crippen LogP contribution in [-0.2, 0) is 14.8 Å². The number of carbonyl (C=O) groups excluding carboxylic acids is 1.